The fraction of sp³-hybridized carbons (Fsp3) is 0.250. The Hall–Kier alpha value is -2.95. The molecule has 2 N–H and O–H groups in total. The second-order valence-electron chi connectivity index (χ2n) is 8.45. The van der Waals surface area contributed by atoms with Crippen molar-refractivity contribution in [3.8, 4) is 0 Å². The maximum absolute atomic E-state index is 5.03. The Balaban J connectivity index is 1.47. The Kier molecular flexibility index (Phi) is 8.73. The number of hydrogen-bond donors (Lipinski definition) is 2. The molecular formula is C28H32N5PS. The van der Waals surface area contributed by atoms with Crippen molar-refractivity contribution in [2.45, 2.75) is 27.3 Å². The molecule has 2 aromatic carbocycles. The van der Waals surface area contributed by atoms with Crippen LogP contribution in [0.5, 0.6) is 0 Å². The van der Waals surface area contributed by atoms with Gasteiger partial charge in [-0.25, -0.2) is 0 Å². The van der Waals surface area contributed by atoms with Crippen LogP contribution in [0.15, 0.2) is 97.3 Å². The van der Waals surface area contributed by atoms with Crippen LogP contribution in [-0.2, 0) is 6.54 Å². The molecule has 1 unspecified atom stereocenters. The van der Waals surface area contributed by atoms with Crippen LogP contribution in [0.3, 0.4) is 0 Å². The van der Waals surface area contributed by atoms with Gasteiger partial charge in [0, 0.05) is 51.3 Å². The third-order valence-corrected chi connectivity index (χ3v) is 7.92. The summed E-state index contributed by atoms with van der Waals surface area (Å²) in [6.07, 6.45) is 6.28. The molecule has 0 amide bonds. The van der Waals surface area contributed by atoms with Crippen molar-refractivity contribution < 1.29 is 0 Å². The first kappa shape index (κ1) is 25.2. The van der Waals surface area contributed by atoms with E-state index in [1.54, 1.807) is 11.9 Å². The number of aryl methyl sites for hydroxylation is 1. The molecular weight excluding hydrogens is 469 g/mol. The molecule has 0 spiro atoms. The van der Waals surface area contributed by atoms with Gasteiger partial charge in [0.15, 0.2) is 0 Å². The first-order valence-electron chi connectivity index (χ1n) is 11.7. The van der Waals surface area contributed by atoms with Gasteiger partial charge in [-0.05, 0) is 74.8 Å². The molecule has 0 aliphatic carbocycles. The lowest BCUT2D eigenvalue weighted by Crippen LogP contribution is -2.17. The number of benzene rings is 2. The quantitative estimate of drug-likeness (QED) is 0.321. The minimum Gasteiger partial charge on any atom is -0.383 e. The van der Waals surface area contributed by atoms with Crippen molar-refractivity contribution in [3.63, 3.8) is 0 Å². The number of nitrogens with one attached hydrogen (secondary N) is 2. The molecule has 0 fully saturated rings. The normalized spacial score (nSPS) is 21.4. The van der Waals surface area contributed by atoms with E-state index in [1.165, 1.54) is 21.3 Å². The van der Waals surface area contributed by atoms with Gasteiger partial charge in [-0.3, -0.25) is 15.0 Å². The third kappa shape index (κ3) is 6.81. The summed E-state index contributed by atoms with van der Waals surface area (Å²) in [6.45, 7) is 10.5. The fourth-order valence-electron chi connectivity index (χ4n) is 3.79. The van der Waals surface area contributed by atoms with Crippen LogP contribution in [-0.4, -0.2) is 37.4 Å². The Morgan fingerprint density at radius 2 is 1.83 bits per heavy atom. The Bertz CT molecular complexity index is 1250. The molecule has 180 valence electrons. The van der Waals surface area contributed by atoms with Crippen LogP contribution < -0.4 is 10.0 Å². The topological polar surface area (TPSA) is 61.1 Å². The fourth-order valence-corrected chi connectivity index (χ4v) is 5.16. The number of allylic oxidation sites excluding steroid dienone is 4. The van der Waals surface area contributed by atoms with Crippen molar-refractivity contribution in [2.75, 3.05) is 24.5 Å². The molecule has 0 saturated carbocycles. The van der Waals surface area contributed by atoms with Gasteiger partial charge in [0.05, 0.1) is 18.8 Å². The van der Waals surface area contributed by atoms with E-state index in [0.29, 0.717) is 15.1 Å². The number of aliphatic imine (C=N–C) groups is 3. The minimum absolute atomic E-state index is 0.596. The van der Waals surface area contributed by atoms with Crippen LogP contribution >= 0.6 is 20.5 Å². The molecule has 2 aliphatic heterocycles. The summed E-state index contributed by atoms with van der Waals surface area (Å²) in [6, 6.07) is 16.9. The third-order valence-electron chi connectivity index (χ3n) is 5.88. The van der Waals surface area contributed by atoms with Gasteiger partial charge in [0.2, 0.25) is 0 Å². The maximum Gasteiger partial charge on any atom is 0.0787 e. The molecule has 1 atom stereocenters. The molecule has 35 heavy (non-hydrogen) atoms. The van der Waals surface area contributed by atoms with E-state index < -0.39 is 0 Å². The lowest BCUT2D eigenvalue weighted by atomic mass is 10.0. The highest BCUT2D eigenvalue weighted by Crippen LogP contribution is 2.25. The van der Waals surface area contributed by atoms with Gasteiger partial charge in [0.25, 0.3) is 0 Å². The van der Waals surface area contributed by atoms with Gasteiger partial charge >= 0.3 is 0 Å². The molecule has 2 aliphatic rings. The summed E-state index contributed by atoms with van der Waals surface area (Å²) in [4.78, 5) is 15.3. The highest BCUT2D eigenvalue weighted by Gasteiger charge is 2.11. The molecule has 2 aromatic rings. The summed E-state index contributed by atoms with van der Waals surface area (Å²) >= 11 is 1.62. The standard InChI is InChI=1S/C28H32N5PS/c1-19-7-5-6-8-25(19)26-15-24(17-29-18-27(34-4)20(2)32-26)31-16-22-9-11-23(12-10-22)33-35-28-13-14-30-21(28)3/h5-13,15,18,31,33-34H,14,16-17H2,1-4H3/b24-15+,27-20-,29-18?,32-26+. The predicted molar refractivity (Wildman–Crippen MR) is 157 cm³/mol. The van der Waals surface area contributed by atoms with Gasteiger partial charge in [-0.2, -0.15) is 0 Å². The SMILES string of the molecule is CP\C1=C(C)/N=C(c2ccccc2C)\C=C(\NCc2ccc(NSC3=CCN=C3C)cc2)CN=C1. The zero-order valence-electron chi connectivity index (χ0n) is 20.7. The average Bonchev–Trinajstić information content (AvgIpc) is 3.30. The van der Waals surface area contributed by atoms with Crippen LogP contribution in [0, 0.1) is 6.92 Å². The Morgan fingerprint density at radius 3 is 2.54 bits per heavy atom. The number of nitrogens with zero attached hydrogens (tertiary/aromatic N) is 3. The molecule has 2 heterocycles. The predicted octanol–water partition coefficient (Wildman–Crippen LogP) is 6.50. The van der Waals surface area contributed by atoms with Crippen LogP contribution in [0.4, 0.5) is 5.69 Å². The van der Waals surface area contributed by atoms with E-state index in [1.807, 2.05) is 6.21 Å². The minimum atomic E-state index is 0.596. The maximum atomic E-state index is 5.03. The van der Waals surface area contributed by atoms with E-state index in [2.05, 4.69) is 103 Å². The monoisotopic (exact) mass is 501 g/mol. The highest BCUT2D eigenvalue weighted by atomic mass is 32.2. The van der Waals surface area contributed by atoms with Crippen LogP contribution in [0.2, 0.25) is 0 Å². The highest BCUT2D eigenvalue weighted by molar-refractivity contribution is 8.05. The molecule has 0 saturated heterocycles. The summed E-state index contributed by atoms with van der Waals surface area (Å²) in [5.74, 6) is 0. The van der Waals surface area contributed by atoms with Gasteiger partial charge in [0.1, 0.15) is 0 Å². The van der Waals surface area contributed by atoms with E-state index in [0.717, 1.165) is 47.2 Å². The van der Waals surface area contributed by atoms with Crippen LogP contribution in [0.1, 0.15) is 30.5 Å². The molecule has 0 radical (unpaired) electrons. The molecule has 0 bridgehead atoms. The molecule has 5 nitrogen and oxygen atoms in total. The molecule has 7 heteroatoms. The zero-order chi connectivity index (χ0) is 24.6. The van der Waals surface area contributed by atoms with E-state index in [9.17, 15) is 0 Å². The number of hydrogen-bond acceptors (Lipinski definition) is 6. The van der Waals surface area contributed by atoms with Crippen LogP contribution in [0.25, 0.3) is 0 Å². The Morgan fingerprint density at radius 1 is 1.03 bits per heavy atom. The van der Waals surface area contributed by atoms with Crippen molar-refractivity contribution in [1.29, 1.82) is 0 Å². The number of rotatable bonds is 8. The average molecular weight is 502 g/mol. The van der Waals surface area contributed by atoms with E-state index >= 15 is 0 Å². The first-order valence-corrected chi connectivity index (χ1v) is 14.1. The van der Waals surface area contributed by atoms with Crippen molar-refractivity contribution in [2.24, 2.45) is 15.0 Å². The number of anilines is 1. The largest absolute Gasteiger partial charge is 0.383 e. The van der Waals surface area contributed by atoms with Gasteiger partial charge < -0.3 is 10.0 Å². The second-order valence-corrected chi connectivity index (χ2v) is 10.3. The molecule has 0 aromatic heterocycles. The van der Waals surface area contributed by atoms with Crippen molar-refractivity contribution in [1.82, 2.24) is 5.32 Å². The zero-order valence-corrected chi connectivity index (χ0v) is 22.5. The summed E-state index contributed by atoms with van der Waals surface area (Å²) in [7, 11) is 0.652. The Labute approximate surface area is 214 Å². The lowest BCUT2D eigenvalue weighted by Gasteiger charge is -2.12. The second kappa shape index (κ2) is 12.1. The summed E-state index contributed by atoms with van der Waals surface area (Å²) in [5.41, 5.74) is 8.81. The first-order chi connectivity index (χ1) is 17.0. The summed E-state index contributed by atoms with van der Waals surface area (Å²) < 4.78 is 3.41. The summed E-state index contributed by atoms with van der Waals surface area (Å²) in [5, 5.41) is 4.80. The van der Waals surface area contributed by atoms with E-state index in [-0.39, 0.29) is 0 Å². The van der Waals surface area contributed by atoms with E-state index in [4.69, 9.17) is 9.98 Å². The smallest absolute Gasteiger partial charge is 0.0787 e. The molecule has 4 rings (SSSR count). The van der Waals surface area contributed by atoms with Gasteiger partial charge in [-0.1, -0.05) is 45.0 Å². The lowest BCUT2D eigenvalue weighted by molar-refractivity contribution is 0.789. The van der Waals surface area contributed by atoms with Gasteiger partial charge in [-0.15, -0.1) is 0 Å². The van der Waals surface area contributed by atoms with Crippen molar-refractivity contribution >= 4 is 43.9 Å². The van der Waals surface area contributed by atoms with Crippen molar-refractivity contribution in [3.05, 3.63) is 99.0 Å².